The van der Waals surface area contributed by atoms with Gasteiger partial charge < -0.3 is 14.7 Å². The number of rotatable bonds is 5. The number of aromatic nitrogens is 2. The van der Waals surface area contributed by atoms with E-state index in [1.54, 1.807) is 0 Å². The fourth-order valence-corrected chi connectivity index (χ4v) is 3.19. The highest BCUT2D eigenvalue weighted by Gasteiger charge is 2.20. The van der Waals surface area contributed by atoms with Crippen molar-refractivity contribution < 1.29 is 0 Å². The third-order valence-electron chi connectivity index (χ3n) is 4.60. The van der Waals surface area contributed by atoms with Crippen LogP contribution in [0.15, 0.2) is 36.4 Å². The van der Waals surface area contributed by atoms with Crippen LogP contribution in [-0.4, -0.2) is 49.2 Å². The summed E-state index contributed by atoms with van der Waals surface area (Å²) in [4.78, 5) is 16.5. The molecule has 0 bridgehead atoms. The number of para-hydroxylation sites is 1. The van der Waals surface area contributed by atoms with Gasteiger partial charge in [0.2, 0.25) is 5.95 Å². The molecule has 2 heterocycles. The quantitative estimate of drug-likeness (QED) is 0.844. The molecule has 0 amide bonds. The van der Waals surface area contributed by atoms with E-state index in [1.165, 1.54) is 5.69 Å². The van der Waals surface area contributed by atoms with E-state index in [1.807, 2.05) is 0 Å². The third kappa shape index (κ3) is 3.61. The standard InChI is InChI=1S/C19H27N5/c1-4-22(5-2)18-15-16(3)20-19(21-18)24-13-11-23(12-14-24)17-9-7-6-8-10-17/h6-10,15H,4-5,11-14H2,1-3H3. The van der Waals surface area contributed by atoms with Crippen LogP contribution in [0.5, 0.6) is 0 Å². The first-order chi connectivity index (χ1) is 11.7. The minimum Gasteiger partial charge on any atom is -0.368 e. The summed E-state index contributed by atoms with van der Waals surface area (Å²) in [6.07, 6.45) is 0. The van der Waals surface area contributed by atoms with Gasteiger partial charge in [0.25, 0.3) is 0 Å². The molecule has 0 saturated carbocycles. The molecule has 0 spiro atoms. The third-order valence-corrected chi connectivity index (χ3v) is 4.60. The molecule has 0 N–H and O–H groups in total. The summed E-state index contributed by atoms with van der Waals surface area (Å²) in [6.45, 7) is 12.2. The Morgan fingerprint density at radius 3 is 2.17 bits per heavy atom. The van der Waals surface area contributed by atoms with Gasteiger partial charge in [0.1, 0.15) is 5.82 Å². The monoisotopic (exact) mass is 325 g/mol. The van der Waals surface area contributed by atoms with Crippen LogP contribution in [0.2, 0.25) is 0 Å². The summed E-state index contributed by atoms with van der Waals surface area (Å²) in [7, 11) is 0. The number of hydrogen-bond donors (Lipinski definition) is 0. The molecule has 1 aliphatic heterocycles. The largest absolute Gasteiger partial charge is 0.368 e. The average molecular weight is 325 g/mol. The first kappa shape index (κ1) is 16.6. The molecule has 5 nitrogen and oxygen atoms in total. The second-order valence-electron chi connectivity index (χ2n) is 6.15. The summed E-state index contributed by atoms with van der Waals surface area (Å²) in [6, 6.07) is 12.7. The minimum atomic E-state index is 0.865. The maximum Gasteiger partial charge on any atom is 0.227 e. The molecule has 1 aliphatic rings. The molecule has 0 radical (unpaired) electrons. The Kier molecular flexibility index (Phi) is 5.18. The van der Waals surface area contributed by atoms with E-state index in [0.717, 1.165) is 56.7 Å². The second-order valence-corrected chi connectivity index (χ2v) is 6.15. The Labute approximate surface area is 144 Å². The summed E-state index contributed by atoms with van der Waals surface area (Å²) >= 11 is 0. The molecule has 24 heavy (non-hydrogen) atoms. The number of piperazine rings is 1. The fourth-order valence-electron chi connectivity index (χ4n) is 3.19. The Balaban J connectivity index is 1.72. The number of nitrogens with zero attached hydrogens (tertiary/aromatic N) is 5. The van der Waals surface area contributed by atoms with Crippen molar-refractivity contribution in [3.8, 4) is 0 Å². The highest BCUT2D eigenvalue weighted by molar-refractivity contribution is 5.50. The van der Waals surface area contributed by atoms with Crippen LogP contribution in [0.3, 0.4) is 0 Å². The SMILES string of the molecule is CCN(CC)c1cc(C)nc(N2CCN(c3ccccc3)CC2)n1. The van der Waals surface area contributed by atoms with Crippen molar-refractivity contribution in [2.75, 3.05) is 54.0 Å². The van der Waals surface area contributed by atoms with E-state index >= 15 is 0 Å². The van der Waals surface area contributed by atoms with Gasteiger partial charge >= 0.3 is 0 Å². The zero-order chi connectivity index (χ0) is 16.9. The van der Waals surface area contributed by atoms with Crippen LogP contribution >= 0.6 is 0 Å². The van der Waals surface area contributed by atoms with Crippen LogP contribution in [0, 0.1) is 6.92 Å². The van der Waals surface area contributed by atoms with Crippen LogP contribution in [-0.2, 0) is 0 Å². The summed E-state index contributed by atoms with van der Waals surface area (Å²) < 4.78 is 0. The molecule has 0 atom stereocenters. The fraction of sp³-hybridized carbons (Fsp3) is 0.474. The molecule has 1 aromatic carbocycles. The maximum atomic E-state index is 4.82. The van der Waals surface area contributed by atoms with Crippen LogP contribution in [0.4, 0.5) is 17.5 Å². The van der Waals surface area contributed by atoms with Gasteiger partial charge in [-0.15, -0.1) is 0 Å². The van der Waals surface area contributed by atoms with Gasteiger partial charge in [0, 0.05) is 56.7 Å². The average Bonchev–Trinajstić information content (AvgIpc) is 2.63. The van der Waals surface area contributed by atoms with Crippen molar-refractivity contribution in [1.29, 1.82) is 0 Å². The van der Waals surface area contributed by atoms with Gasteiger partial charge in [0.05, 0.1) is 0 Å². The first-order valence-electron chi connectivity index (χ1n) is 8.86. The van der Waals surface area contributed by atoms with Gasteiger partial charge in [-0.3, -0.25) is 0 Å². The van der Waals surface area contributed by atoms with Crippen molar-refractivity contribution in [2.45, 2.75) is 20.8 Å². The van der Waals surface area contributed by atoms with Gasteiger partial charge in [-0.2, -0.15) is 4.98 Å². The molecule has 0 unspecified atom stereocenters. The Morgan fingerprint density at radius 2 is 1.54 bits per heavy atom. The van der Waals surface area contributed by atoms with Gasteiger partial charge in [-0.25, -0.2) is 4.98 Å². The van der Waals surface area contributed by atoms with Gasteiger partial charge in [-0.05, 0) is 32.9 Å². The van der Waals surface area contributed by atoms with Crippen molar-refractivity contribution in [3.05, 3.63) is 42.1 Å². The summed E-state index contributed by atoms with van der Waals surface area (Å²) in [5, 5.41) is 0. The number of anilines is 3. The molecule has 5 heteroatoms. The predicted octanol–water partition coefficient (Wildman–Crippen LogP) is 2.96. The lowest BCUT2D eigenvalue weighted by Gasteiger charge is -2.36. The number of aryl methyl sites for hydroxylation is 1. The Hall–Kier alpha value is -2.30. The number of benzene rings is 1. The van der Waals surface area contributed by atoms with Crippen molar-refractivity contribution in [2.24, 2.45) is 0 Å². The molecule has 1 aromatic heterocycles. The minimum absolute atomic E-state index is 0.865. The lowest BCUT2D eigenvalue weighted by atomic mass is 10.2. The molecular weight excluding hydrogens is 298 g/mol. The van der Waals surface area contributed by atoms with Gasteiger partial charge in [-0.1, -0.05) is 18.2 Å². The highest BCUT2D eigenvalue weighted by Crippen LogP contribution is 2.21. The maximum absolute atomic E-state index is 4.82. The molecule has 1 fully saturated rings. The van der Waals surface area contributed by atoms with E-state index in [2.05, 4.69) is 76.9 Å². The summed E-state index contributed by atoms with van der Waals surface area (Å²) in [5.41, 5.74) is 2.33. The van der Waals surface area contributed by atoms with Crippen LogP contribution < -0.4 is 14.7 Å². The zero-order valence-electron chi connectivity index (χ0n) is 14.9. The van der Waals surface area contributed by atoms with Crippen LogP contribution in [0.25, 0.3) is 0 Å². The molecule has 2 aromatic rings. The molecular formula is C19H27N5. The second kappa shape index (κ2) is 7.51. The van der Waals surface area contributed by atoms with Crippen molar-refractivity contribution in [3.63, 3.8) is 0 Å². The molecule has 3 rings (SSSR count). The Morgan fingerprint density at radius 1 is 0.917 bits per heavy atom. The first-order valence-corrected chi connectivity index (χ1v) is 8.86. The number of hydrogen-bond acceptors (Lipinski definition) is 5. The molecule has 1 saturated heterocycles. The highest BCUT2D eigenvalue weighted by atomic mass is 15.3. The van der Waals surface area contributed by atoms with Crippen molar-refractivity contribution >= 4 is 17.5 Å². The van der Waals surface area contributed by atoms with E-state index < -0.39 is 0 Å². The molecule has 128 valence electrons. The van der Waals surface area contributed by atoms with E-state index in [4.69, 9.17) is 4.98 Å². The van der Waals surface area contributed by atoms with Crippen LogP contribution in [0.1, 0.15) is 19.5 Å². The van der Waals surface area contributed by atoms with Crippen molar-refractivity contribution in [1.82, 2.24) is 9.97 Å². The van der Waals surface area contributed by atoms with E-state index in [0.29, 0.717) is 0 Å². The lowest BCUT2D eigenvalue weighted by molar-refractivity contribution is 0.638. The smallest absolute Gasteiger partial charge is 0.227 e. The van der Waals surface area contributed by atoms with Gasteiger partial charge in [0.15, 0.2) is 0 Å². The lowest BCUT2D eigenvalue weighted by Crippen LogP contribution is -2.47. The van der Waals surface area contributed by atoms with E-state index in [9.17, 15) is 0 Å². The topological polar surface area (TPSA) is 35.5 Å². The normalized spacial score (nSPS) is 14.8. The van der Waals surface area contributed by atoms with E-state index in [-0.39, 0.29) is 0 Å². The molecule has 0 aliphatic carbocycles. The zero-order valence-corrected chi connectivity index (χ0v) is 14.9. The predicted molar refractivity (Wildman–Crippen MR) is 101 cm³/mol. The Bertz CT molecular complexity index is 646. The summed E-state index contributed by atoms with van der Waals surface area (Å²) in [5.74, 6) is 1.90.